The highest BCUT2D eigenvalue weighted by molar-refractivity contribution is 7.15. The molecule has 156 valence electrons. The lowest BCUT2D eigenvalue weighted by Gasteiger charge is -2.10. The first-order valence-corrected chi connectivity index (χ1v) is 9.32. The molecule has 4 nitrogen and oxygen atoms in total. The number of benzene rings is 2. The summed E-state index contributed by atoms with van der Waals surface area (Å²) in [7, 11) is 0. The molecule has 0 aliphatic carbocycles. The molecule has 0 atom stereocenters. The van der Waals surface area contributed by atoms with E-state index in [0.717, 1.165) is 11.3 Å². The van der Waals surface area contributed by atoms with Crippen LogP contribution in [0.2, 0.25) is 0 Å². The molecule has 3 aromatic rings. The molecule has 3 rings (SSSR count). The van der Waals surface area contributed by atoms with E-state index >= 15 is 0 Å². The topological polar surface area (TPSA) is 55.4 Å². The Labute approximate surface area is 170 Å². The van der Waals surface area contributed by atoms with Crippen molar-refractivity contribution in [3.8, 4) is 11.1 Å². The lowest BCUT2D eigenvalue weighted by Crippen LogP contribution is -2.20. The number of nitrogens with one attached hydrogen (secondary N) is 1. The van der Waals surface area contributed by atoms with Gasteiger partial charge < -0.3 is 10.1 Å². The first-order valence-electron chi connectivity index (χ1n) is 8.44. The van der Waals surface area contributed by atoms with E-state index in [1.807, 2.05) is 0 Å². The quantitative estimate of drug-likeness (QED) is 0.245. The van der Waals surface area contributed by atoms with E-state index in [0.29, 0.717) is 11.1 Å². The Morgan fingerprint density at radius 2 is 1.47 bits per heavy atom. The third kappa shape index (κ3) is 3.78. The summed E-state index contributed by atoms with van der Waals surface area (Å²) in [5.74, 6) is -13.9. The van der Waals surface area contributed by atoms with Crippen molar-refractivity contribution < 1.29 is 36.3 Å². The molecule has 10 heteroatoms. The molecule has 0 aliphatic rings. The maximum Gasteiger partial charge on any atom is 0.341 e. The van der Waals surface area contributed by atoms with E-state index < -0.39 is 46.5 Å². The summed E-state index contributed by atoms with van der Waals surface area (Å²) in [4.78, 5) is 24.8. The van der Waals surface area contributed by atoms with E-state index in [-0.39, 0.29) is 17.2 Å². The average Bonchev–Trinajstić information content (AvgIpc) is 3.15. The first-order chi connectivity index (χ1) is 14.3. The van der Waals surface area contributed by atoms with Crippen molar-refractivity contribution in [1.82, 2.24) is 0 Å². The van der Waals surface area contributed by atoms with Crippen molar-refractivity contribution in [3.05, 3.63) is 75.9 Å². The SMILES string of the molecule is CCOC(=O)c1c(-c2ccccc2)csc1NC(=O)c1c(F)c(F)c(F)c(F)c1F. The average molecular weight is 441 g/mol. The number of ether oxygens (including phenoxy) is 1. The summed E-state index contributed by atoms with van der Waals surface area (Å²) in [5.41, 5.74) is -0.804. The maximum absolute atomic E-state index is 13.9. The number of hydrogen-bond acceptors (Lipinski definition) is 4. The Balaban J connectivity index is 2.07. The summed E-state index contributed by atoms with van der Waals surface area (Å²) in [6.07, 6.45) is 0. The van der Waals surface area contributed by atoms with E-state index in [9.17, 15) is 31.5 Å². The number of halogens is 5. The number of esters is 1. The van der Waals surface area contributed by atoms with Gasteiger partial charge in [0.1, 0.15) is 16.1 Å². The third-order valence-electron chi connectivity index (χ3n) is 4.02. The molecule has 0 aliphatic heterocycles. The van der Waals surface area contributed by atoms with Gasteiger partial charge in [-0.15, -0.1) is 11.3 Å². The van der Waals surface area contributed by atoms with Crippen molar-refractivity contribution >= 4 is 28.2 Å². The largest absolute Gasteiger partial charge is 0.462 e. The molecule has 0 fully saturated rings. The fourth-order valence-electron chi connectivity index (χ4n) is 2.66. The second-order valence-electron chi connectivity index (χ2n) is 5.84. The number of anilines is 1. The van der Waals surface area contributed by atoms with Crippen LogP contribution < -0.4 is 5.32 Å². The van der Waals surface area contributed by atoms with Crippen LogP contribution in [0.25, 0.3) is 11.1 Å². The van der Waals surface area contributed by atoms with E-state index in [4.69, 9.17) is 4.74 Å². The summed E-state index contributed by atoms with van der Waals surface area (Å²) >= 11 is 0.832. The second kappa shape index (κ2) is 8.62. The molecule has 1 aromatic heterocycles. The molecule has 0 bridgehead atoms. The number of carbonyl (C=O) groups excluding carboxylic acids is 2. The van der Waals surface area contributed by atoms with Crippen LogP contribution in [0, 0.1) is 29.1 Å². The van der Waals surface area contributed by atoms with Crippen LogP contribution in [0.15, 0.2) is 35.7 Å². The molecule has 1 amide bonds. The second-order valence-corrected chi connectivity index (χ2v) is 6.72. The Morgan fingerprint density at radius 1 is 0.900 bits per heavy atom. The molecule has 0 saturated carbocycles. The van der Waals surface area contributed by atoms with Crippen LogP contribution >= 0.6 is 11.3 Å². The monoisotopic (exact) mass is 441 g/mol. The standard InChI is InChI=1S/C20H12F5NO3S/c1-2-29-20(28)11-10(9-6-4-3-5-7-9)8-30-19(11)26-18(27)12-13(21)15(23)17(25)16(24)14(12)22/h3-8H,2H2,1H3,(H,26,27). The Kier molecular flexibility index (Phi) is 6.16. The lowest BCUT2D eigenvalue weighted by molar-refractivity contribution is 0.0529. The molecule has 2 aromatic carbocycles. The minimum atomic E-state index is -2.38. The Hall–Kier alpha value is -3.27. The van der Waals surface area contributed by atoms with Gasteiger partial charge in [-0.3, -0.25) is 4.79 Å². The van der Waals surface area contributed by atoms with Gasteiger partial charge >= 0.3 is 5.97 Å². The normalized spacial score (nSPS) is 10.7. The predicted octanol–water partition coefficient (Wildman–Crippen LogP) is 5.54. The molecule has 1 heterocycles. The summed E-state index contributed by atoms with van der Waals surface area (Å²) in [6, 6.07) is 8.51. The van der Waals surface area contributed by atoms with Crippen molar-refractivity contribution in [3.63, 3.8) is 0 Å². The zero-order valence-electron chi connectivity index (χ0n) is 15.2. The Bertz CT molecular complexity index is 1100. The van der Waals surface area contributed by atoms with Crippen LogP contribution in [-0.4, -0.2) is 18.5 Å². The molecular formula is C20H12F5NO3S. The lowest BCUT2D eigenvalue weighted by atomic mass is 10.0. The first kappa shape index (κ1) is 21.4. The zero-order valence-corrected chi connectivity index (χ0v) is 16.0. The predicted molar refractivity (Wildman–Crippen MR) is 99.9 cm³/mol. The van der Waals surface area contributed by atoms with Crippen molar-refractivity contribution in [2.75, 3.05) is 11.9 Å². The summed E-state index contributed by atoms with van der Waals surface area (Å²) in [6.45, 7) is 1.56. The molecule has 1 N–H and O–H groups in total. The van der Waals surface area contributed by atoms with Gasteiger partial charge in [-0.25, -0.2) is 26.7 Å². The smallest absolute Gasteiger partial charge is 0.341 e. The number of thiophene rings is 1. The molecule has 30 heavy (non-hydrogen) atoms. The number of hydrogen-bond donors (Lipinski definition) is 1. The van der Waals surface area contributed by atoms with Crippen LogP contribution in [0.5, 0.6) is 0 Å². The van der Waals surface area contributed by atoms with Gasteiger partial charge in [0.2, 0.25) is 5.82 Å². The number of carbonyl (C=O) groups is 2. The molecule has 0 spiro atoms. The number of rotatable bonds is 5. The summed E-state index contributed by atoms with van der Waals surface area (Å²) in [5, 5.41) is 3.39. The van der Waals surface area contributed by atoms with Gasteiger partial charge in [0.15, 0.2) is 23.3 Å². The van der Waals surface area contributed by atoms with Gasteiger partial charge in [0.05, 0.1) is 6.61 Å². The van der Waals surface area contributed by atoms with Gasteiger partial charge in [0, 0.05) is 10.9 Å². The summed E-state index contributed by atoms with van der Waals surface area (Å²) < 4.78 is 72.9. The number of amides is 1. The van der Waals surface area contributed by atoms with Crippen LogP contribution in [0.3, 0.4) is 0 Å². The zero-order chi connectivity index (χ0) is 22.0. The van der Waals surface area contributed by atoms with Gasteiger partial charge in [-0.1, -0.05) is 30.3 Å². The third-order valence-corrected chi connectivity index (χ3v) is 4.91. The molecule has 0 radical (unpaired) electrons. The van der Waals surface area contributed by atoms with Gasteiger partial charge in [-0.05, 0) is 12.5 Å². The highest BCUT2D eigenvalue weighted by atomic mass is 32.1. The van der Waals surface area contributed by atoms with Crippen molar-refractivity contribution in [1.29, 1.82) is 0 Å². The molecule has 0 unspecified atom stereocenters. The van der Waals surface area contributed by atoms with Gasteiger partial charge in [0.25, 0.3) is 5.91 Å². The fourth-order valence-corrected chi connectivity index (χ4v) is 3.61. The fraction of sp³-hybridized carbons (Fsp3) is 0.100. The van der Waals surface area contributed by atoms with E-state index in [1.54, 1.807) is 37.3 Å². The highest BCUT2D eigenvalue weighted by Gasteiger charge is 2.31. The van der Waals surface area contributed by atoms with E-state index in [2.05, 4.69) is 5.32 Å². The maximum atomic E-state index is 13.9. The molecular weight excluding hydrogens is 429 g/mol. The van der Waals surface area contributed by atoms with Crippen molar-refractivity contribution in [2.24, 2.45) is 0 Å². The van der Waals surface area contributed by atoms with Crippen LogP contribution in [0.4, 0.5) is 27.0 Å². The van der Waals surface area contributed by atoms with Crippen molar-refractivity contribution in [2.45, 2.75) is 6.92 Å². The molecule has 0 saturated heterocycles. The highest BCUT2D eigenvalue weighted by Crippen LogP contribution is 2.37. The minimum Gasteiger partial charge on any atom is -0.462 e. The van der Waals surface area contributed by atoms with E-state index in [1.165, 1.54) is 5.38 Å². The van der Waals surface area contributed by atoms with Crippen LogP contribution in [-0.2, 0) is 4.74 Å². The Morgan fingerprint density at radius 3 is 2.03 bits per heavy atom. The minimum absolute atomic E-state index is 0.00787. The van der Waals surface area contributed by atoms with Gasteiger partial charge in [-0.2, -0.15) is 0 Å². The van der Waals surface area contributed by atoms with Crippen LogP contribution in [0.1, 0.15) is 27.6 Å².